The highest BCUT2D eigenvalue weighted by Crippen LogP contribution is 2.39. The summed E-state index contributed by atoms with van der Waals surface area (Å²) in [6.07, 6.45) is 0.840. The maximum atomic E-state index is 12.5. The molecule has 1 unspecified atom stereocenters. The third-order valence-corrected chi connectivity index (χ3v) is 5.34. The Morgan fingerprint density at radius 3 is 2.74 bits per heavy atom. The molecule has 1 aliphatic carbocycles. The fraction of sp³-hybridized carbons (Fsp3) is 0.348. The Morgan fingerprint density at radius 2 is 2.06 bits per heavy atom. The Labute approximate surface area is 185 Å². The van der Waals surface area contributed by atoms with Gasteiger partial charge in [0.1, 0.15) is 23.5 Å². The molecule has 31 heavy (non-hydrogen) atoms. The van der Waals surface area contributed by atoms with Gasteiger partial charge in [-0.25, -0.2) is 4.79 Å². The van der Waals surface area contributed by atoms with Crippen LogP contribution < -0.4 is 9.47 Å². The summed E-state index contributed by atoms with van der Waals surface area (Å²) in [5.74, 6) is 0.924. The lowest BCUT2D eigenvalue weighted by atomic mass is 10.1. The van der Waals surface area contributed by atoms with Gasteiger partial charge in [-0.05, 0) is 75.1 Å². The first-order valence-corrected chi connectivity index (χ1v) is 10.3. The van der Waals surface area contributed by atoms with Crippen LogP contribution in [0.3, 0.4) is 0 Å². The molecule has 0 spiro atoms. The SMILES string of the molecule is COc1nn(C(=O)OC(C)(C)C)c2ccc(OC3CCc4cc(C#N)c(Cl)cc43)cc12. The second-order valence-electron chi connectivity index (χ2n) is 8.37. The topological polar surface area (TPSA) is 86.4 Å². The van der Waals surface area contributed by atoms with E-state index in [1.165, 1.54) is 11.8 Å². The Kier molecular flexibility index (Phi) is 5.28. The first-order valence-electron chi connectivity index (χ1n) is 9.89. The normalized spacial score (nSPS) is 15.4. The summed E-state index contributed by atoms with van der Waals surface area (Å²) in [6, 6.07) is 11.1. The number of carbonyl (C=O) groups excluding carboxylic acids is 1. The van der Waals surface area contributed by atoms with Crippen LogP contribution in [0.4, 0.5) is 4.79 Å². The molecule has 160 valence electrons. The molecule has 8 heteroatoms. The minimum Gasteiger partial charge on any atom is -0.486 e. The van der Waals surface area contributed by atoms with Crippen molar-refractivity contribution in [3.63, 3.8) is 0 Å². The van der Waals surface area contributed by atoms with Crippen LogP contribution in [0.5, 0.6) is 11.6 Å². The average molecular weight is 440 g/mol. The zero-order valence-electron chi connectivity index (χ0n) is 17.7. The van der Waals surface area contributed by atoms with E-state index >= 15 is 0 Å². The molecule has 0 saturated heterocycles. The number of hydrogen-bond donors (Lipinski definition) is 0. The number of aryl methyl sites for hydroxylation is 1. The van der Waals surface area contributed by atoms with Crippen LogP contribution in [0.2, 0.25) is 5.02 Å². The van der Waals surface area contributed by atoms with Crippen LogP contribution in [0.1, 0.15) is 50.0 Å². The number of nitriles is 1. The monoisotopic (exact) mass is 439 g/mol. The quantitative estimate of drug-likeness (QED) is 0.541. The standard InChI is InChI=1S/C23H22ClN3O4/c1-23(2,3)31-22(28)27-19-7-6-15(10-17(19)21(26-27)29-4)30-20-8-5-13-9-14(12-25)18(24)11-16(13)20/h6-7,9-11,20H,5,8H2,1-4H3. The van der Waals surface area contributed by atoms with Gasteiger partial charge >= 0.3 is 6.09 Å². The number of benzene rings is 2. The van der Waals surface area contributed by atoms with Crippen LogP contribution in [-0.4, -0.2) is 28.6 Å². The molecule has 2 aromatic carbocycles. The van der Waals surface area contributed by atoms with Crippen molar-refractivity contribution in [2.75, 3.05) is 7.11 Å². The van der Waals surface area contributed by atoms with Crippen molar-refractivity contribution >= 4 is 28.6 Å². The van der Waals surface area contributed by atoms with Crippen LogP contribution in [0.25, 0.3) is 10.9 Å². The molecule has 0 N–H and O–H groups in total. The molecule has 1 aliphatic rings. The fourth-order valence-electron chi connectivity index (χ4n) is 3.70. The maximum Gasteiger partial charge on any atom is 0.435 e. The second kappa shape index (κ2) is 7.78. The number of methoxy groups -OCH3 is 1. The minimum absolute atomic E-state index is 0.176. The zero-order chi connectivity index (χ0) is 22.3. The highest BCUT2D eigenvalue weighted by molar-refractivity contribution is 6.31. The molecule has 1 heterocycles. The summed E-state index contributed by atoms with van der Waals surface area (Å²) in [5, 5.41) is 14.5. The van der Waals surface area contributed by atoms with Gasteiger partial charge in [0.15, 0.2) is 0 Å². The lowest BCUT2D eigenvalue weighted by Crippen LogP contribution is -2.27. The molecule has 7 nitrogen and oxygen atoms in total. The zero-order valence-corrected chi connectivity index (χ0v) is 18.5. The van der Waals surface area contributed by atoms with Gasteiger partial charge in [0, 0.05) is 0 Å². The Hall–Kier alpha value is -3.24. The van der Waals surface area contributed by atoms with Gasteiger partial charge in [-0.15, -0.1) is 5.10 Å². The molecule has 0 saturated carbocycles. The van der Waals surface area contributed by atoms with Crippen LogP contribution >= 0.6 is 11.6 Å². The van der Waals surface area contributed by atoms with Gasteiger partial charge in [-0.1, -0.05) is 11.6 Å². The maximum absolute atomic E-state index is 12.5. The van der Waals surface area contributed by atoms with Gasteiger partial charge in [-0.3, -0.25) is 0 Å². The predicted molar refractivity (Wildman–Crippen MR) is 116 cm³/mol. The van der Waals surface area contributed by atoms with E-state index in [2.05, 4.69) is 11.2 Å². The first-order chi connectivity index (χ1) is 14.7. The van der Waals surface area contributed by atoms with Gasteiger partial charge in [0.05, 0.1) is 28.6 Å². The summed E-state index contributed by atoms with van der Waals surface area (Å²) in [7, 11) is 1.50. The summed E-state index contributed by atoms with van der Waals surface area (Å²) in [4.78, 5) is 12.5. The van der Waals surface area contributed by atoms with E-state index in [1.807, 2.05) is 12.1 Å². The van der Waals surface area contributed by atoms with Crippen LogP contribution in [0.15, 0.2) is 30.3 Å². The number of rotatable bonds is 3. The van der Waals surface area contributed by atoms with E-state index in [4.69, 9.17) is 25.8 Å². The fourth-order valence-corrected chi connectivity index (χ4v) is 3.92. The van der Waals surface area contributed by atoms with E-state index in [-0.39, 0.29) is 6.10 Å². The third-order valence-electron chi connectivity index (χ3n) is 5.03. The van der Waals surface area contributed by atoms with Gasteiger partial charge in [0.2, 0.25) is 5.88 Å². The summed E-state index contributed by atoms with van der Waals surface area (Å²) in [6.45, 7) is 5.39. The molecule has 0 bridgehead atoms. The van der Waals surface area contributed by atoms with Crippen molar-refractivity contribution in [1.29, 1.82) is 5.26 Å². The highest BCUT2D eigenvalue weighted by atomic mass is 35.5. The lowest BCUT2D eigenvalue weighted by molar-refractivity contribution is 0.0520. The van der Waals surface area contributed by atoms with E-state index in [9.17, 15) is 10.1 Å². The number of fused-ring (bicyclic) bond motifs is 2. The van der Waals surface area contributed by atoms with Gasteiger partial charge in [0.25, 0.3) is 0 Å². The Balaban J connectivity index is 1.65. The lowest BCUT2D eigenvalue weighted by Gasteiger charge is -2.19. The van der Waals surface area contributed by atoms with Crippen LogP contribution in [0, 0.1) is 11.3 Å². The Morgan fingerprint density at radius 1 is 1.29 bits per heavy atom. The van der Waals surface area contributed by atoms with Crippen LogP contribution in [-0.2, 0) is 11.2 Å². The summed E-state index contributed by atoms with van der Waals surface area (Å²) < 4.78 is 18.2. The molecule has 1 atom stereocenters. The number of carbonyl (C=O) groups is 1. The molecule has 4 rings (SSSR count). The van der Waals surface area contributed by atoms with Crippen molar-refractivity contribution in [1.82, 2.24) is 9.78 Å². The first kappa shape index (κ1) is 21.0. The molecule has 0 amide bonds. The number of hydrogen-bond acceptors (Lipinski definition) is 6. The van der Waals surface area contributed by atoms with Crippen molar-refractivity contribution < 1.29 is 19.0 Å². The van der Waals surface area contributed by atoms with Crippen molar-refractivity contribution in [2.45, 2.75) is 45.3 Å². The molecule has 0 radical (unpaired) electrons. The van der Waals surface area contributed by atoms with E-state index in [1.54, 1.807) is 39.0 Å². The largest absolute Gasteiger partial charge is 0.486 e. The summed E-state index contributed by atoms with van der Waals surface area (Å²) >= 11 is 6.22. The minimum atomic E-state index is -0.645. The van der Waals surface area contributed by atoms with E-state index < -0.39 is 11.7 Å². The molecule has 0 aliphatic heterocycles. The Bertz CT molecular complexity index is 1220. The van der Waals surface area contributed by atoms with Crippen molar-refractivity contribution in [3.05, 3.63) is 52.0 Å². The van der Waals surface area contributed by atoms with Gasteiger partial charge in [-0.2, -0.15) is 9.94 Å². The summed E-state index contributed by atoms with van der Waals surface area (Å²) in [5.41, 5.74) is 2.45. The highest BCUT2D eigenvalue weighted by Gasteiger charge is 2.27. The molecule has 1 aromatic heterocycles. The molecule has 0 fully saturated rings. The average Bonchev–Trinajstić information content (AvgIpc) is 3.27. The number of ether oxygens (including phenoxy) is 3. The molecular formula is C23H22ClN3O4. The second-order valence-corrected chi connectivity index (χ2v) is 8.78. The van der Waals surface area contributed by atoms with Crippen molar-refractivity contribution in [2.24, 2.45) is 0 Å². The number of halogens is 1. The molecular weight excluding hydrogens is 418 g/mol. The van der Waals surface area contributed by atoms with E-state index in [0.717, 1.165) is 24.0 Å². The number of nitrogens with zero attached hydrogens (tertiary/aromatic N) is 3. The van der Waals surface area contributed by atoms with Crippen molar-refractivity contribution in [3.8, 4) is 17.7 Å². The predicted octanol–water partition coefficient (Wildman–Crippen LogP) is 5.42. The third kappa shape index (κ3) is 4.04. The van der Waals surface area contributed by atoms with E-state index in [0.29, 0.717) is 33.1 Å². The smallest absolute Gasteiger partial charge is 0.435 e. The number of aromatic nitrogens is 2. The van der Waals surface area contributed by atoms with Gasteiger partial charge < -0.3 is 14.2 Å². The molecule has 3 aromatic rings.